The molecule has 1 heterocycles. The van der Waals surface area contributed by atoms with Gasteiger partial charge in [-0.2, -0.15) is 5.10 Å². The van der Waals surface area contributed by atoms with Crippen molar-refractivity contribution in [1.82, 2.24) is 15.6 Å². The third-order valence-electron chi connectivity index (χ3n) is 1.05. The number of nitrogens with one attached hydrogen (secondary N) is 2. The summed E-state index contributed by atoms with van der Waals surface area (Å²) in [6, 6.07) is 0. The molecule has 1 amide bonds. The van der Waals surface area contributed by atoms with Crippen molar-refractivity contribution in [3.05, 3.63) is 11.8 Å². The maximum Gasteiger partial charge on any atom is 0.270 e. The van der Waals surface area contributed by atoms with Gasteiger partial charge in [0.25, 0.3) is 5.91 Å². The van der Waals surface area contributed by atoms with Crippen LogP contribution in [0.4, 0.5) is 5.82 Å². The van der Waals surface area contributed by atoms with E-state index >= 15 is 0 Å². The minimum atomic E-state index is -0.453. The first-order valence-corrected chi connectivity index (χ1v) is 2.56. The lowest BCUT2D eigenvalue weighted by molar-refractivity contribution is 0.0954. The van der Waals surface area contributed by atoms with Gasteiger partial charge in [0.1, 0.15) is 5.56 Å². The van der Waals surface area contributed by atoms with Crippen LogP contribution in [0, 0.1) is 0 Å². The Morgan fingerprint density at radius 1 is 1.80 bits per heavy atom. The van der Waals surface area contributed by atoms with E-state index in [4.69, 9.17) is 11.6 Å². The second-order valence-electron chi connectivity index (χ2n) is 1.66. The molecule has 6 N–H and O–H groups in total. The number of rotatable bonds is 1. The first-order chi connectivity index (χ1) is 4.75. The van der Waals surface area contributed by atoms with Crippen molar-refractivity contribution in [1.29, 1.82) is 0 Å². The molecule has 0 aliphatic rings. The van der Waals surface area contributed by atoms with Crippen molar-refractivity contribution in [3.8, 4) is 0 Å². The molecule has 1 rings (SSSR count). The summed E-state index contributed by atoms with van der Waals surface area (Å²) in [7, 11) is 0. The minimum absolute atomic E-state index is 0.142. The molecule has 54 valence electrons. The number of nitrogen functional groups attached to an aromatic ring is 2. The van der Waals surface area contributed by atoms with Crippen molar-refractivity contribution in [2.75, 3.05) is 5.73 Å². The zero-order chi connectivity index (χ0) is 7.56. The highest BCUT2D eigenvalue weighted by Gasteiger charge is 2.08. The van der Waals surface area contributed by atoms with Crippen molar-refractivity contribution in [2.24, 2.45) is 5.84 Å². The standard InChI is InChI=1S/C4H7N5O/c5-3-2(1-7-9-3)4(10)8-6/h1H,6H2,(H,8,10)(H3,5,7,9). The molecule has 6 nitrogen and oxygen atoms in total. The molecule has 0 saturated heterocycles. The number of hydrogen-bond acceptors (Lipinski definition) is 4. The van der Waals surface area contributed by atoms with Crippen molar-refractivity contribution >= 4 is 11.7 Å². The summed E-state index contributed by atoms with van der Waals surface area (Å²) in [5.41, 5.74) is 7.44. The smallest absolute Gasteiger partial charge is 0.270 e. The number of hydrazine groups is 1. The molecule has 1 aromatic rings. The normalized spacial score (nSPS) is 9.30. The summed E-state index contributed by atoms with van der Waals surface area (Å²) >= 11 is 0. The third kappa shape index (κ3) is 0.914. The molecule has 10 heavy (non-hydrogen) atoms. The molecule has 0 atom stereocenters. The van der Waals surface area contributed by atoms with Crippen LogP contribution >= 0.6 is 0 Å². The lowest BCUT2D eigenvalue weighted by Crippen LogP contribution is -2.30. The van der Waals surface area contributed by atoms with Gasteiger partial charge < -0.3 is 5.73 Å². The van der Waals surface area contributed by atoms with Crippen molar-refractivity contribution in [3.63, 3.8) is 0 Å². The van der Waals surface area contributed by atoms with Gasteiger partial charge >= 0.3 is 0 Å². The van der Waals surface area contributed by atoms with Gasteiger partial charge in [-0.05, 0) is 0 Å². The zero-order valence-electron chi connectivity index (χ0n) is 5.09. The van der Waals surface area contributed by atoms with E-state index in [1.807, 2.05) is 5.43 Å². The lowest BCUT2D eigenvalue weighted by atomic mass is 10.3. The summed E-state index contributed by atoms with van der Waals surface area (Å²) in [4.78, 5) is 10.7. The second kappa shape index (κ2) is 2.36. The predicted octanol–water partition coefficient (Wildman–Crippen LogP) is -1.40. The van der Waals surface area contributed by atoms with Crippen LogP contribution in [0.3, 0.4) is 0 Å². The average molecular weight is 141 g/mol. The van der Waals surface area contributed by atoms with Crippen LogP contribution in [0.5, 0.6) is 0 Å². The van der Waals surface area contributed by atoms with Gasteiger partial charge in [-0.1, -0.05) is 0 Å². The Hall–Kier alpha value is -1.56. The number of nitrogens with zero attached hydrogens (tertiary/aromatic N) is 1. The molecule has 6 heteroatoms. The van der Waals surface area contributed by atoms with Crippen molar-refractivity contribution in [2.45, 2.75) is 0 Å². The molecule has 0 unspecified atom stereocenters. The highest BCUT2D eigenvalue weighted by atomic mass is 16.2. The fourth-order valence-electron chi connectivity index (χ4n) is 0.560. The first kappa shape index (κ1) is 6.56. The van der Waals surface area contributed by atoms with Gasteiger partial charge in [-0.25, -0.2) is 5.84 Å². The Bertz CT molecular complexity index is 242. The maximum absolute atomic E-state index is 10.7. The second-order valence-corrected chi connectivity index (χ2v) is 1.66. The fourth-order valence-corrected chi connectivity index (χ4v) is 0.560. The minimum Gasteiger partial charge on any atom is -0.382 e. The molecule has 0 spiro atoms. The molecule has 1 aromatic heterocycles. The highest BCUT2D eigenvalue weighted by Crippen LogP contribution is 2.03. The van der Waals surface area contributed by atoms with E-state index in [9.17, 15) is 4.79 Å². The third-order valence-corrected chi connectivity index (χ3v) is 1.05. The van der Waals surface area contributed by atoms with Crippen molar-refractivity contribution < 1.29 is 4.79 Å². The van der Waals surface area contributed by atoms with Gasteiger partial charge in [0, 0.05) is 6.20 Å². The SMILES string of the molecule is NNC(=O)c1c[nH]nc1N. The molecule has 0 bridgehead atoms. The molecule has 0 radical (unpaired) electrons. The van der Waals surface area contributed by atoms with E-state index in [1.54, 1.807) is 0 Å². The van der Waals surface area contributed by atoms with Crippen LogP contribution in [0.25, 0.3) is 0 Å². The number of nitrogens with two attached hydrogens (primary N) is 2. The summed E-state index contributed by atoms with van der Waals surface area (Å²) in [6.45, 7) is 0. The molecule has 0 saturated carbocycles. The molecule has 0 fully saturated rings. The summed E-state index contributed by atoms with van der Waals surface area (Å²) in [6.07, 6.45) is 1.37. The predicted molar refractivity (Wildman–Crippen MR) is 34.7 cm³/mol. The number of anilines is 1. The van der Waals surface area contributed by atoms with Gasteiger partial charge in [0.05, 0.1) is 0 Å². The van der Waals surface area contributed by atoms with E-state index in [0.29, 0.717) is 0 Å². The molecule has 0 aliphatic carbocycles. The van der Waals surface area contributed by atoms with Gasteiger partial charge in [0.2, 0.25) is 0 Å². The van der Waals surface area contributed by atoms with Gasteiger partial charge in [-0.3, -0.25) is 15.3 Å². The molecule has 0 aliphatic heterocycles. The van der Waals surface area contributed by atoms with Crippen LogP contribution in [-0.2, 0) is 0 Å². The average Bonchev–Trinajstić information content (AvgIpc) is 2.34. The van der Waals surface area contributed by atoms with Crippen LogP contribution in [0.2, 0.25) is 0 Å². The maximum atomic E-state index is 10.7. The van der Waals surface area contributed by atoms with E-state index in [-0.39, 0.29) is 11.4 Å². The quantitative estimate of drug-likeness (QED) is 0.219. The molecular formula is C4H7N5O. The van der Waals surface area contributed by atoms with E-state index in [1.165, 1.54) is 6.20 Å². The number of hydrogen-bond donors (Lipinski definition) is 4. The van der Waals surface area contributed by atoms with Gasteiger partial charge in [-0.15, -0.1) is 0 Å². The van der Waals surface area contributed by atoms with E-state index < -0.39 is 5.91 Å². The summed E-state index contributed by atoms with van der Waals surface area (Å²) in [5, 5.41) is 5.94. The Morgan fingerprint density at radius 3 is 2.90 bits per heavy atom. The van der Waals surface area contributed by atoms with Crippen LogP contribution in [-0.4, -0.2) is 16.1 Å². The Kier molecular flexibility index (Phi) is 1.55. The Morgan fingerprint density at radius 2 is 2.50 bits per heavy atom. The van der Waals surface area contributed by atoms with Crippen LogP contribution in [0.1, 0.15) is 10.4 Å². The topological polar surface area (TPSA) is 110 Å². The number of H-pyrrole nitrogens is 1. The van der Waals surface area contributed by atoms with Gasteiger partial charge in [0.15, 0.2) is 5.82 Å². The number of carbonyl (C=O) groups is 1. The Balaban J connectivity index is 2.93. The van der Waals surface area contributed by atoms with Crippen LogP contribution in [0.15, 0.2) is 6.20 Å². The van der Waals surface area contributed by atoms with E-state index in [2.05, 4.69) is 10.2 Å². The number of amides is 1. The summed E-state index contributed by atoms with van der Waals surface area (Å²) < 4.78 is 0. The Labute approximate surface area is 56.6 Å². The molecule has 0 aromatic carbocycles. The first-order valence-electron chi connectivity index (χ1n) is 2.56. The largest absolute Gasteiger partial charge is 0.382 e. The molecular weight excluding hydrogens is 134 g/mol. The monoisotopic (exact) mass is 141 g/mol. The van der Waals surface area contributed by atoms with Crippen LogP contribution < -0.4 is 17.0 Å². The lowest BCUT2D eigenvalue weighted by Gasteiger charge is -1.93. The number of carbonyl (C=O) groups excluding carboxylic acids is 1. The zero-order valence-corrected chi connectivity index (χ0v) is 5.09. The summed E-state index contributed by atoms with van der Waals surface area (Å²) in [5.74, 6) is 4.52. The number of aromatic nitrogens is 2. The van der Waals surface area contributed by atoms with E-state index in [0.717, 1.165) is 0 Å². The fraction of sp³-hybridized carbons (Fsp3) is 0. The highest BCUT2D eigenvalue weighted by molar-refractivity contribution is 5.97. The number of aromatic amines is 1.